The normalized spacial score (nSPS) is 17.7. The summed E-state index contributed by atoms with van der Waals surface area (Å²) in [4.78, 5) is 33.1. The number of imidazole rings is 1. The zero-order chi connectivity index (χ0) is 23.8. The fourth-order valence-electron chi connectivity index (χ4n) is 4.17. The number of nitrogens with one attached hydrogen (secondary N) is 2. The molecule has 3 aromatic rings. The number of benzene rings is 2. The lowest BCUT2D eigenvalue weighted by Crippen LogP contribution is -2.36. The predicted molar refractivity (Wildman–Crippen MR) is 117 cm³/mol. The minimum atomic E-state index is -4.58. The van der Waals surface area contributed by atoms with E-state index in [2.05, 4.69) is 15.3 Å². The van der Waals surface area contributed by atoms with E-state index < -0.39 is 24.0 Å². The molecular weight excluding hydrogens is 433 g/mol. The first-order valence-corrected chi connectivity index (χ1v) is 10.8. The Kier molecular flexibility index (Phi) is 6.14. The van der Waals surface area contributed by atoms with Crippen molar-refractivity contribution in [2.24, 2.45) is 11.8 Å². The molecule has 9 heteroatoms. The number of amides is 2. The maximum absolute atomic E-state index is 13.1. The van der Waals surface area contributed by atoms with Gasteiger partial charge in [0.15, 0.2) is 0 Å². The molecule has 0 unspecified atom stereocenters. The Balaban J connectivity index is 1.61. The standard InChI is InChI=1S/C24H25F3N4O2/c1-14(2)12-31-13-17(11-20(31)32)22(33)30-21(15-6-4-3-5-7-15)16-8-9-18-19(10-16)29-23(28-18)24(25,26)27/h3-10,14,17,21H,11-13H2,1-2H3,(H,28,29)(H,30,33)/t17-,21+/m1/s1. The van der Waals surface area contributed by atoms with E-state index >= 15 is 0 Å². The molecule has 2 heterocycles. The third-order valence-corrected chi connectivity index (χ3v) is 5.70. The topological polar surface area (TPSA) is 78.1 Å². The Morgan fingerprint density at radius 1 is 1.18 bits per heavy atom. The van der Waals surface area contributed by atoms with Gasteiger partial charge in [0, 0.05) is 19.5 Å². The van der Waals surface area contributed by atoms with Gasteiger partial charge in [-0.25, -0.2) is 4.98 Å². The van der Waals surface area contributed by atoms with Crippen LogP contribution in [0.3, 0.4) is 0 Å². The number of likely N-dealkylation sites (tertiary alicyclic amines) is 1. The van der Waals surface area contributed by atoms with Crippen molar-refractivity contribution in [2.75, 3.05) is 13.1 Å². The smallest absolute Gasteiger partial charge is 0.345 e. The number of hydrogen-bond donors (Lipinski definition) is 2. The highest BCUT2D eigenvalue weighted by atomic mass is 19.4. The monoisotopic (exact) mass is 458 g/mol. The first kappa shape index (κ1) is 22.8. The molecule has 4 rings (SSSR count). The minimum Gasteiger partial charge on any atom is -0.345 e. The van der Waals surface area contributed by atoms with Gasteiger partial charge < -0.3 is 15.2 Å². The predicted octanol–water partition coefficient (Wildman–Crippen LogP) is 4.29. The second-order valence-electron chi connectivity index (χ2n) is 8.81. The number of aromatic nitrogens is 2. The number of halogens is 3. The summed E-state index contributed by atoms with van der Waals surface area (Å²) in [6.07, 6.45) is -4.43. The van der Waals surface area contributed by atoms with Crippen LogP contribution in [0, 0.1) is 11.8 Å². The van der Waals surface area contributed by atoms with E-state index in [1.807, 2.05) is 44.2 Å². The molecule has 0 saturated carbocycles. The first-order valence-electron chi connectivity index (χ1n) is 10.8. The van der Waals surface area contributed by atoms with Gasteiger partial charge in [-0.3, -0.25) is 9.59 Å². The summed E-state index contributed by atoms with van der Waals surface area (Å²) >= 11 is 0. The van der Waals surface area contributed by atoms with Crippen LogP contribution in [0.2, 0.25) is 0 Å². The second kappa shape index (κ2) is 8.88. The van der Waals surface area contributed by atoms with Crippen LogP contribution in [0.4, 0.5) is 13.2 Å². The summed E-state index contributed by atoms with van der Waals surface area (Å²) in [5, 5.41) is 3.01. The van der Waals surface area contributed by atoms with Gasteiger partial charge in [0.05, 0.1) is 23.0 Å². The highest BCUT2D eigenvalue weighted by Crippen LogP contribution is 2.31. The van der Waals surface area contributed by atoms with Crippen molar-refractivity contribution in [3.8, 4) is 0 Å². The minimum absolute atomic E-state index is 0.0429. The van der Waals surface area contributed by atoms with Gasteiger partial charge in [-0.15, -0.1) is 0 Å². The molecule has 1 aliphatic rings. The van der Waals surface area contributed by atoms with Gasteiger partial charge in [-0.05, 0) is 29.2 Å². The Hall–Kier alpha value is -3.36. The van der Waals surface area contributed by atoms with Crippen molar-refractivity contribution < 1.29 is 22.8 Å². The first-order chi connectivity index (χ1) is 15.6. The summed E-state index contributed by atoms with van der Waals surface area (Å²) < 4.78 is 39.2. The molecule has 1 aromatic heterocycles. The van der Waals surface area contributed by atoms with Crippen LogP contribution in [-0.2, 0) is 15.8 Å². The van der Waals surface area contributed by atoms with Crippen molar-refractivity contribution >= 4 is 22.8 Å². The van der Waals surface area contributed by atoms with Crippen LogP contribution in [0.5, 0.6) is 0 Å². The number of nitrogens with zero attached hydrogens (tertiary/aromatic N) is 2. The van der Waals surface area contributed by atoms with Gasteiger partial charge in [-0.2, -0.15) is 13.2 Å². The van der Waals surface area contributed by atoms with Crippen LogP contribution in [0.25, 0.3) is 11.0 Å². The lowest BCUT2D eigenvalue weighted by atomic mass is 9.97. The molecule has 0 aliphatic carbocycles. The Morgan fingerprint density at radius 3 is 2.58 bits per heavy atom. The SMILES string of the molecule is CC(C)CN1C[C@H](C(=O)N[C@@H](c2ccccc2)c2ccc3nc(C(F)(F)F)[nH]c3c2)CC1=O. The van der Waals surface area contributed by atoms with Crippen molar-refractivity contribution in [3.05, 3.63) is 65.5 Å². The Morgan fingerprint density at radius 2 is 1.91 bits per heavy atom. The molecular formula is C24H25F3N4O2. The average Bonchev–Trinajstić information content (AvgIpc) is 3.35. The third-order valence-electron chi connectivity index (χ3n) is 5.70. The largest absolute Gasteiger partial charge is 0.449 e. The molecule has 0 bridgehead atoms. The van der Waals surface area contributed by atoms with Gasteiger partial charge in [0.25, 0.3) is 0 Å². The van der Waals surface area contributed by atoms with Crippen molar-refractivity contribution in [1.29, 1.82) is 0 Å². The summed E-state index contributed by atoms with van der Waals surface area (Å²) in [5.74, 6) is -1.54. The number of carbonyl (C=O) groups is 2. The molecule has 6 nitrogen and oxygen atoms in total. The zero-order valence-corrected chi connectivity index (χ0v) is 18.3. The molecule has 33 heavy (non-hydrogen) atoms. The van der Waals surface area contributed by atoms with E-state index in [0.717, 1.165) is 5.56 Å². The highest BCUT2D eigenvalue weighted by molar-refractivity contribution is 5.89. The molecule has 0 spiro atoms. The zero-order valence-electron chi connectivity index (χ0n) is 18.3. The average molecular weight is 458 g/mol. The van der Waals surface area contributed by atoms with E-state index in [9.17, 15) is 22.8 Å². The fraction of sp³-hybridized carbons (Fsp3) is 0.375. The van der Waals surface area contributed by atoms with E-state index in [4.69, 9.17) is 0 Å². The summed E-state index contributed by atoms with van der Waals surface area (Å²) in [7, 11) is 0. The van der Waals surface area contributed by atoms with Crippen LogP contribution >= 0.6 is 0 Å². The number of hydrogen-bond acceptors (Lipinski definition) is 3. The van der Waals surface area contributed by atoms with Gasteiger partial charge in [0.2, 0.25) is 17.6 Å². The van der Waals surface area contributed by atoms with Crippen LogP contribution < -0.4 is 5.32 Å². The summed E-state index contributed by atoms with van der Waals surface area (Å²) in [6.45, 7) is 4.99. The summed E-state index contributed by atoms with van der Waals surface area (Å²) in [5.41, 5.74) is 1.82. The number of H-pyrrole nitrogens is 1. The van der Waals surface area contributed by atoms with Crippen molar-refractivity contribution in [2.45, 2.75) is 32.5 Å². The van der Waals surface area contributed by atoms with Crippen LogP contribution in [0.15, 0.2) is 48.5 Å². The maximum atomic E-state index is 13.1. The van der Waals surface area contributed by atoms with E-state index in [1.165, 1.54) is 6.07 Å². The number of alkyl halides is 3. The summed E-state index contributed by atoms with van der Waals surface area (Å²) in [6, 6.07) is 13.3. The Labute approximate surface area is 189 Å². The molecule has 0 radical (unpaired) electrons. The number of rotatable bonds is 6. The van der Waals surface area contributed by atoms with E-state index in [-0.39, 0.29) is 29.3 Å². The molecule has 2 aromatic carbocycles. The number of aromatic amines is 1. The van der Waals surface area contributed by atoms with E-state index in [0.29, 0.717) is 24.6 Å². The molecule has 1 fully saturated rings. The molecule has 1 aliphatic heterocycles. The quantitative estimate of drug-likeness (QED) is 0.579. The number of carbonyl (C=O) groups excluding carboxylic acids is 2. The van der Waals surface area contributed by atoms with Crippen LogP contribution in [-0.4, -0.2) is 39.8 Å². The van der Waals surface area contributed by atoms with Crippen molar-refractivity contribution in [1.82, 2.24) is 20.2 Å². The lowest BCUT2D eigenvalue weighted by molar-refractivity contribution is -0.144. The second-order valence-corrected chi connectivity index (χ2v) is 8.81. The highest BCUT2D eigenvalue weighted by Gasteiger charge is 2.36. The fourth-order valence-corrected chi connectivity index (χ4v) is 4.17. The van der Waals surface area contributed by atoms with Gasteiger partial charge in [0.1, 0.15) is 0 Å². The molecule has 1 saturated heterocycles. The molecule has 2 amide bonds. The molecule has 174 valence electrons. The maximum Gasteiger partial charge on any atom is 0.449 e. The van der Waals surface area contributed by atoms with E-state index in [1.54, 1.807) is 17.0 Å². The number of fused-ring (bicyclic) bond motifs is 1. The third kappa shape index (κ3) is 5.02. The molecule has 2 atom stereocenters. The van der Waals surface area contributed by atoms with Gasteiger partial charge in [-0.1, -0.05) is 50.2 Å². The molecule has 2 N–H and O–H groups in total. The van der Waals surface area contributed by atoms with Gasteiger partial charge >= 0.3 is 6.18 Å². The lowest BCUT2D eigenvalue weighted by Gasteiger charge is -2.22. The van der Waals surface area contributed by atoms with Crippen molar-refractivity contribution in [3.63, 3.8) is 0 Å². The Bertz CT molecular complexity index is 1160. The van der Waals surface area contributed by atoms with Crippen LogP contribution in [0.1, 0.15) is 43.3 Å².